The maximum atomic E-state index is 10.8. The molecule has 1 fully saturated rings. The minimum atomic E-state index is -0.579. The maximum absolute atomic E-state index is 10.8. The van der Waals surface area contributed by atoms with E-state index in [1.54, 1.807) is 4.68 Å². The summed E-state index contributed by atoms with van der Waals surface area (Å²) >= 11 is 0. The molecule has 7 heteroatoms. The van der Waals surface area contributed by atoms with Gasteiger partial charge in [0.25, 0.3) is 5.91 Å². The van der Waals surface area contributed by atoms with E-state index in [1.807, 2.05) is 0 Å². The predicted octanol–water partition coefficient (Wildman–Crippen LogP) is -1.48. The van der Waals surface area contributed by atoms with Crippen LogP contribution in [0.5, 0.6) is 0 Å². The summed E-state index contributed by atoms with van der Waals surface area (Å²) in [6.07, 6.45) is 1.53. The Labute approximate surface area is 86.4 Å². The van der Waals surface area contributed by atoms with E-state index in [9.17, 15) is 4.79 Å². The molecule has 15 heavy (non-hydrogen) atoms. The van der Waals surface area contributed by atoms with Crippen molar-refractivity contribution in [3.05, 3.63) is 11.9 Å². The van der Waals surface area contributed by atoms with Gasteiger partial charge in [0.1, 0.15) is 0 Å². The molecule has 0 saturated carbocycles. The van der Waals surface area contributed by atoms with Crippen LogP contribution in [-0.2, 0) is 4.74 Å². The summed E-state index contributed by atoms with van der Waals surface area (Å²) < 4.78 is 6.90. The molecule has 82 valence electrons. The molecular weight excluding hydrogens is 198 g/mol. The first-order chi connectivity index (χ1) is 7.22. The summed E-state index contributed by atoms with van der Waals surface area (Å²) in [7, 11) is 0. The second kappa shape index (κ2) is 3.95. The number of carbonyl (C=O) groups is 1. The van der Waals surface area contributed by atoms with Crippen LogP contribution in [0.15, 0.2) is 6.20 Å². The fraction of sp³-hybridized carbons (Fsp3) is 0.625. The van der Waals surface area contributed by atoms with Crippen molar-refractivity contribution in [2.24, 2.45) is 17.4 Å². The number of nitrogens with two attached hydrogens (primary N) is 2. The van der Waals surface area contributed by atoms with Gasteiger partial charge >= 0.3 is 0 Å². The van der Waals surface area contributed by atoms with Crippen molar-refractivity contribution in [1.29, 1.82) is 0 Å². The molecule has 4 N–H and O–H groups in total. The van der Waals surface area contributed by atoms with Crippen LogP contribution in [0.4, 0.5) is 0 Å². The van der Waals surface area contributed by atoms with Gasteiger partial charge in [-0.15, -0.1) is 5.10 Å². The highest BCUT2D eigenvalue weighted by molar-refractivity contribution is 5.90. The average molecular weight is 211 g/mol. The van der Waals surface area contributed by atoms with Gasteiger partial charge in [-0.1, -0.05) is 5.21 Å². The third-order valence-electron chi connectivity index (χ3n) is 2.57. The third-order valence-corrected chi connectivity index (χ3v) is 2.57. The Morgan fingerprint density at radius 2 is 2.47 bits per heavy atom. The second-order valence-electron chi connectivity index (χ2n) is 3.55. The number of ether oxygens (including phenoxy) is 1. The molecule has 2 rings (SSSR count). The van der Waals surface area contributed by atoms with Crippen LogP contribution in [0, 0.1) is 5.92 Å². The lowest BCUT2D eigenvalue weighted by molar-refractivity contribution is 0.0995. The lowest BCUT2D eigenvalue weighted by Gasteiger charge is -2.14. The van der Waals surface area contributed by atoms with Crippen LogP contribution < -0.4 is 11.5 Å². The van der Waals surface area contributed by atoms with Gasteiger partial charge in [-0.3, -0.25) is 4.79 Å². The van der Waals surface area contributed by atoms with Crippen LogP contribution in [0.2, 0.25) is 0 Å². The molecule has 1 aliphatic rings. The van der Waals surface area contributed by atoms with Crippen molar-refractivity contribution in [3.8, 4) is 0 Å². The normalized spacial score (nSPS) is 25.7. The largest absolute Gasteiger partial charge is 0.379 e. The second-order valence-corrected chi connectivity index (χ2v) is 3.55. The monoisotopic (exact) mass is 211 g/mol. The lowest BCUT2D eigenvalue weighted by Crippen LogP contribution is -2.25. The highest BCUT2D eigenvalue weighted by atomic mass is 16.5. The molecule has 0 aromatic carbocycles. The summed E-state index contributed by atoms with van der Waals surface area (Å²) in [5.41, 5.74) is 10.8. The van der Waals surface area contributed by atoms with Gasteiger partial charge in [0.05, 0.1) is 25.5 Å². The van der Waals surface area contributed by atoms with E-state index in [4.69, 9.17) is 16.2 Å². The molecule has 0 spiro atoms. The maximum Gasteiger partial charge on any atom is 0.270 e. The Bertz CT molecular complexity index is 364. The van der Waals surface area contributed by atoms with Gasteiger partial charge in [-0.05, 0) is 6.54 Å². The number of hydrogen-bond acceptors (Lipinski definition) is 5. The van der Waals surface area contributed by atoms with E-state index in [0.717, 1.165) is 0 Å². The number of carbonyl (C=O) groups excluding carboxylic acids is 1. The number of amides is 1. The Hall–Kier alpha value is -1.47. The molecule has 1 aromatic rings. The zero-order chi connectivity index (χ0) is 10.8. The number of rotatable bonds is 3. The first kappa shape index (κ1) is 10.1. The molecular formula is C8H13N5O2. The molecule has 1 aromatic heterocycles. The quantitative estimate of drug-likeness (QED) is 0.634. The zero-order valence-corrected chi connectivity index (χ0v) is 8.17. The van der Waals surface area contributed by atoms with E-state index in [0.29, 0.717) is 19.8 Å². The third kappa shape index (κ3) is 1.83. The van der Waals surface area contributed by atoms with E-state index in [-0.39, 0.29) is 17.7 Å². The van der Waals surface area contributed by atoms with Gasteiger partial charge in [0.15, 0.2) is 5.69 Å². The number of aromatic nitrogens is 3. The Morgan fingerprint density at radius 3 is 3.07 bits per heavy atom. The Balaban J connectivity index is 2.18. The van der Waals surface area contributed by atoms with Crippen LogP contribution in [0.25, 0.3) is 0 Å². The molecule has 1 amide bonds. The zero-order valence-electron chi connectivity index (χ0n) is 8.17. The molecule has 2 atom stereocenters. The minimum Gasteiger partial charge on any atom is -0.379 e. The smallest absolute Gasteiger partial charge is 0.270 e. The van der Waals surface area contributed by atoms with Gasteiger partial charge < -0.3 is 16.2 Å². The van der Waals surface area contributed by atoms with E-state index >= 15 is 0 Å². The van der Waals surface area contributed by atoms with Crippen molar-refractivity contribution in [1.82, 2.24) is 15.0 Å². The average Bonchev–Trinajstić information content (AvgIpc) is 2.85. The Morgan fingerprint density at radius 1 is 1.67 bits per heavy atom. The van der Waals surface area contributed by atoms with Crippen LogP contribution in [0.3, 0.4) is 0 Å². The summed E-state index contributed by atoms with van der Waals surface area (Å²) in [5.74, 6) is -0.364. The highest BCUT2D eigenvalue weighted by Gasteiger charge is 2.29. The van der Waals surface area contributed by atoms with Gasteiger partial charge in [-0.25, -0.2) is 4.68 Å². The minimum absolute atomic E-state index is 0.0515. The summed E-state index contributed by atoms with van der Waals surface area (Å²) in [4.78, 5) is 10.8. The SMILES string of the molecule is NCC1COCC1n1cc(C(N)=O)nn1. The predicted molar refractivity (Wildman–Crippen MR) is 50.9 cm³/mol. The standard InChI is InChI=1S/C8H13N5O2/c9-1-5-3-15-4-7(5)13-2-6(8(10)14)11-12-13/h2,5,7H,1,3-4,9H2,(H2,10,14). The van der Waals surface area contributed by atoms with Crippen molar-refractivity contribution in [3.63, 3.8) is 0 Å². The molecule has 0 bridgehead atoms. The first-order valence-corrected chi connectivity index (χ1v) is 4.72. The fourth-order valence-electron chi connectivity index (χ4n) is 1.66. The van der Waals surface area contributed by atoms with Crippen LogP contribution in [0.1, 0.15) is 16.5 Å². The highest BCUT2D eigenvalue weighted by Crippen LogP contribution is 2.23. The molecule has 2 unspecified atom stereocenters. The van der Waals surface area contributed by atoms with Crippen molar-refractivity contribution in [2.75, 3.05) is 19.8 Å². The molecule has 2 heterocycles. The van der Waals surface area contributed by atoms with Crippen molar-refractivity contribution in [2.45, 2.75) is 6.04 Å². The molecule has 0 aliphatic carbocycles. The van der Waals surface area contributed by atoms with Crippen LogP contribution in [-0.4, -0.2) is 40.7 Å². The summed E-state index contributed by atoms with van der Waals surface area (Å²) in [5, 5.41) is 7.52. The molecule has 7 nitrogen and oxygen atoms in total. The van der Waals surface area contributed by atoms with E-state index in [1.165, 1.54) is 6.20 Å². The fourth-order valence-corrected chi connectivity index (χ4v) is 1.66. The first-order valence-electron chi connectivity index (χ1n) is 4.72. The topological polar surface area (TPSA) is 109 Å². The van der Waals surface area contributed by atoms with Gasteiger partial charge in [0.2, 0.25) is 0 Å². The Kier molecular flexibility index (Phi) is 2.65. The van der Waals surface area contributed by atoms with E-state index < -0.39 is 5.91 Å². The number of nitrogens with zero attached hydrogens (tertiary/aromatic N) is 3. The van der Waals surface area contributed by atoms with Gasteiger partial charge in [0, 0.05) is 5.92 Å². The molecule has 1 aliphatic heterocycles. The number of hydrogen-bond donors (Lipinski definition) is 2. The van der Waals surface area contributed by atoms with E-state index in [2.05, 4.69) is 10.3 Å². The van der Waals surface area contributed by atoms with Crippen molar-refractivity contribution < 1.29 is 9.53 Å². The molecule has 1 saturated heterocycles. The van der Waals surface area contributed by atoms with Gasteiger partial charge in [-0.2, -0.15) is 0 Å². The number of primary amides is 1. The van der Waals surface area contributed by atoms with Crippen molar-refractivity contribution >= 4 is 5.91 Å². The molecule has 0 radical (unpaired) electrons. The lowest BCUT2D eigenvalue weighted by atomic mass is 10.0. The van der Waals surface area contributed by atoms with Crippen LogP contribution >= 0.6 is 0 Å². The summed E-state index contributed by atoms with van der Waals surface area (Å²) in [6.45, 7) is 1.69. The summed E-state index contributed by atoms with van der Waals surface area (Å²) in [6, 6.07) is 0.0515.